The van der Waals surface area contributed by atoms with Crippen molar-refractivity contribution in [3.8, 4) is 5.75 Å². The summed E-state index contributed by atoms with van der Waals surface area (Å²) in [6, 6.07) is 3.34. The summed E-state index contributed by atoms with van der Waals surface area (Å²) in [4.78, 5) is 24.8. The number of hydrogen-bond acceptors (Lipinski definition) is 4. The predicted molar refractivity (Wildman–Crippen MR) is 77.5 cm³/mol. The number of carbonyl (C=O) groups is 2. The van der Waals surface area contributed by atoms with Crippen LogP contribution in [0.4, 0.5) is 5.69 Å². The number of amides is 2. The average molecular weight is 293 g/mol. The van der Waals surface area contributed by atoms with Crippen LogP contribution < -0.4 is 15.8 Å². The fourth-order valence-corrected chi connectivity index (χ4v) is 2.74. The first-order valence-corrected chi connectivity index (χ1v) is 6.66. The molecule has 0 atom stereocenters. The van der Waals surface area contributed by atoms with Gasteiger partial charge in [0.05, 0.1) is 12.8 Å². The van der Waals surface area contributed by atoms with Crippen LogP contribution in [0.25, 0.3) is 0 Å². The van der Waals surface area contributed by atoms with Crippen LogP contribution in [0.5, 0.6) is 5.75 Å². The normalized spacial score (nSPS) is 10.3. The van der Waals surface area contributed by atoms with Gasteiger partial charge in [0.2, 0.25) is 0 Å². The highest BCUT2D eigenvalue weighted by atomic mass is 32.1. The number of aromatic nitrogens is 1. The van der Waals surface area contributed by atoms with Crippen molar-refractivity contribution >= 4 is 28.8 Å². The molecule has 2 aromatic heterocycles. The third-order valence-corrected chi connectivity index (χ3v) is 3.79. The molecule has 0 aliphatic heterocycles. The molecule has 0 aliphatic carbocycles. The Balaban J connectivity index is 2.23. The van der Waals surface area contributed by atoms with E-state index in [1.54, 1.807) is 23.9 Å². The van der Waals surface area contributed by atoms with Crippen molar-refractivity contribution in [1.29, 1.82) is 0 Å². The second-order valence-electron chi connectivity index (χ2n) is 4.30. The zero-order valence-corrected chi connectivity index (χ0v) is 12.2. The summed E-state index contributed by atoms with van der Waals surface area (Å²) < 4.78 is 6.73. The maximum Gasteiger partial charge on any atom is 0.269 e. The van der Waals surface area contributed by atoms with Crippen LogP contribution in [-0.2, 0) is 7.05 Å². The molecule has 0 radical (unpaired) electrons. The lowest BCUT2D eigenvalue weighted by Crippen LogP contribution is -2.14. The number of methoxy groups -OCH3 is 1. The number of ether oxygens (including phenoxy) is 1. The zero-order valence-electron chi connectivity index (χ0n) is 11.4. The van der Waals surface area contributed by atoms with Gasteiger partial charge in [-0.2, -0.15) is 0 Å². The molecule has 0 aliphatic rings. The molecule has 2 rings (SSSR count). The Morgan fingerprint density at radius 1 is 1.40 bits per heavy atom. The van der Waals surface area contributed by atoms with E-state index in [0.717, 1.165) is 4.88 Å². The highest BCUT2D eigenvalue weighted by molar-refractivity contribution is 7.14. The number of anilines is 1. The lowest BCUT2D eigenvalue weighted by molar-refractivity contribution is 0.0990. The number of nitrogens with one attached hydrogen (secondary N) is 1. The lowest BCUT2D eigenvalue weighted by atomic mass is 10.3. The Morgan fingerprint density at radius 2 is 2.10 bits per heavy atom. The summed E-state index contributed by atoms with van der Waals surface area (Å²) in [6.45, 7) is 1.90. The number of nitrogens with zero attached hydrogens (tertiary/aromatic N) is 1. The number of nitrogens with two attached hydrogens (primary N) is 1. The molecule has 106 valence electrons. The van der Waals surface area contributed by atoms with E-state index in [1.165, 1.54) is 24.5 Å². The van der Waals surface area contributed by atoms with Gasteiger partial charge in [-0.3, -0.25) is 9.59 Å². The van der Waals surface area contributed by atoms with E-state index < -0.39 is 5.91 Å². The second-order valence-corrected chi connectivity index (χ2v) is 5.55. The first kappa shape index (κ1) is 14.1. The van der Waals surface area contributed by atoms with Gasteiger partial charge in [0, 0.05) is 18.1 Å². The molecular weight excluding hydrogens is 278 g/mol. The summed E-state index contributed by atoms with van der Waals surface area (Å²) in [6.07, 6.45) is 1.63. The van der Waals surface area contributed by atoms with Crippen LogP contribution in [0.2, 0.25) is 0 Å². The summed E-state index contributed by atoms with van der Waals surface area (Å²) in [7, 11) is 3.21. The van der Waals surface area contributed by atoms with Crippen molar-refractivity contribution in [3.05, 3.63) is 33.8 Å². The van der Waals surface area contributed by atoms with Crippen LogP contribution in [0.3, 0.4) is 0 Å². The molecule has 0 spiro atoms. The number of aryl methyl sites for hydroxylation is 2. The fraction of sp³-hybridized carbons (Fsp3) is 0.231. The van der Waals surface area contributed by atoms with Gasteiger partial charge in [-0.05, 0) is 19.1 Å². The molecule has 3 N–H and O–H groups in total. The monoisotopic (exact) mass is 293 g/mol. The molecule has 2 amide bonds. The van der Waals surface area contributed by atoms with E-state index in [-0.39, 0.29) is 5.91 Å². The third-order valence-electron chi connectivity index (χ3n) is 2.76. The summed E-state index contributed by atoms with van der Waals surface area (Å²) in [5, 5.41) is 2.73. The maximum absolute atomic E-state index is 12.2. The average Bonchev–Trinajstić information content (AvgIpc) is 2.92. The Hall–Kier alpha value is -2.28. The van der Waals surface area contributed by atoms with Gasteiger partial charge in [0.25, 0.3) is 11.8 Å². The molecule has 20 heavy (non-hydrogen) atoms. The number of rotatable bonds is 4. The van der Waals surface area contributed by atoms with Crippen LogP contribution in [0, 0.1) is 6.92 Å². The van der Waals surface area contributed by atoms with E-state index >= 15 is 0 Å². The van der Waals surface area contributed by atoms with Crippen molar-refractivity contribution in [1.82, 2.24) is 4.57 Å². The van der Waals surface area contributed by atoms with Crippen molar-refractivity contribution in [3.63, 3.8) is 0 Å². The van der Waals surface area contributed by atoms with Gasteiger partial charge in [-0.15, -0.1) is 11.3 Å². The van der Waals surface area contributed by atoms with Gasteiger partial charge in [0.15, 0.2) is 0 Å². The summed E-state index contributed by atoms with van der Waals surface area (Å²) in [5.41, 5.74) is 6.07. The molecule has 0 aromatic carbocycles. The highest BCUT2D eigenvalue weighted by Crippen LogP contribution is 2.29. The molecule has 2 heterocycles. The summed E-state index contributed by atoms with van der Waals surface area (Å²) in [5.74, 6) is -0.282. The quantitative estimate of drug-likeness (QED) is 0.900. The molecular formula is C13H15N3O3S. The number of thiophene rings is 1. The molecule has 0 fully saturated rings. The predicted octanol–water partition coefficient (Wildman–Crippen LogP) is 1.75. The lowest BCUT2D eigenvalue weighted by Gasteiger charge is -2.02. The van der Waals surface area contributed by atoms with E-state index in [4.69, 9.17) is 10.5 Å². The van der Waals surface area contributed by atoms with E-state index in [9.17, 15) is 9.59 Å². The van der Waals surface area contributed by atoms with Crippen LogP contribution >= 0.6 is 11.3 Å². The molecule has 2 aromatic rings. The van der Waals surface area contributed by atoms with Gasteiger partial charge in [-0.25, -0.2) is 0 Å². The maximum atomic E-state index is 12.2. The minimum atomic E-state index is -0.544. The Kier molecular flexibility index (Phi) is 3.80. The first-order chi connectivity index (χ1) is 9.42. The van der Waals surface area contributed by atoms with E-state index in [1.807, 2.05) is 6.92 Å². The molecule has 0 saturated heterocycles. The van der Waals surface area contributed by atoms with Crippen molar-refractivity contribution in [2.45, 2.75) is 6.92 Å². The topological polar surface area (TPSA) is 86.3 Å². The number of carbonyl (C=O) groups excluding carboxylic acids is 2. The Bertz CT molecular complexity index is 672. The Morgan fingerprint density at radius 3 is 2.65 bits per heavy atom. The van der Waals surface area contributed by atoms with Crippen LogP contribution in [-0.4, -0.2) is 23.5 Å². The zero-order chi connectivity index (χ0) is 14.9. The minimum absolute atomic E-state index is 0.276. The molecule has 7 heteroatoms. The largest absolute Gasteiger partial charge is 0.495 e. The number of hydrogen-bond donors (Lipinski definition) is 2. The summed E-state index contributed by atoms with van der Waals surface area (Å²) >= 11 is 1.35. The Labute approximate surface area is 120 Å². The van der Waals surface area contributed by atoms with Gasteiger partial charge >= 0.3 is 0 Å². The smallest absolute Gasteiger partial charge is 0.269 e. The van der Waals surface area contributed by atoms with Gasteiger partial charge in [0.1, 0.15) is 16.3 Å². The first-order valence-electron chi connectivity index (χ1n) is 5.84. The second kappa shape index (κ2) is 5.38. The highest BCUT2D eigenvalue weighted by Gasteiger charge is 2.17. The molecule has 0 bridgehead atoms. The molecule has 6 nitrogen and oxygen atoms in total. The van der Waals surface area contributed by atoms with Crippen LogP contribution in [0.15, 0.2) is 18.3 Å². The van der Waals surface area contributed by atoms with Gasteiger partial charge in [-0.1, -0.05) is 0 Å². The fourth-order valence-electron chi connectivity index (χ4n) is 1.87. The van der Waals surface area contributed by atoms with E-state index in [0.29, 0.717) is 22.0 Å². The van der Waals surface area contributed by atoms with Gasteiger partial charge < -0.3 is 20.4 Å². The van der Waals surface area contributed by atoms with Crippen molar-refractivity contribution in [2.24, 2.45) is 12.8 Å². The number of primary amides is 1. The SMILES string of the molecule is COc1cc(C)sc1C(=O)Nc1cc(C(N)=O)n(C)c1. The third kappa shape index (κ3) is 2.67. The molecule has 0 unspecified atom stereocenters. The van der Waals surface area contributed by atoms with Crippen molar-refractivity contribution in [2.75, 3.05) is 12.4 Å². The van der Waals surface area contributed by atoms with Crippen molar-refractivity contribution < 1.29 is 14.3 Å². The standard InChI is InChI=1S/C13H15N3O3S/c1-7-4-10(19-3)11(20-7)13(18)15-8-5-9(12(14)17)16(2)6-8/h4-6H,1-3H3,(H2,14,17)(H,15,18). The van der Waals surface area contributed by atoms with E-state index in [2.05, 4.69) is 5.32 Å². The minimum Gasteiger partial charge on any atom is -0.495 e. The molecule has 0 saturated carbocycles. The van der Waals surface area contributed by atoms with Crippen LogP contribution in [0.1, 0.15) is 25.0 Å².